The van der Waals surface area contributed by atoms with Crippen LogP contribution < -0.4 is 19.8 Å². The Hall–Kier alpha value is -3.09. The number of hydrogen-bond acceptors (Lipinski definition) is 5. The first-order valence-electron chi connectivity index (χ1n) is 9.15. The Bertz CT molecular complexity index is 892. The molecule has 1 aliphatic rings. The number of carbonyl (C=O) groups is 1. The van der Waals surface area contributed by atoms with E-state index in [1.165, 1.54) is 20.3 Å². The van der Waals surface area contributed by atoms with E-state index >= 15 is 0 Å². The van der Waals surface area contributed by atoms with Gasteiger partial charge in [-0.3, -0.25) is 4.79 Å². The minimum absolute atomic E-state index is 0.278. The maximum Gasteiger partial charge on any atom is 0.271 e. The first-order valence-corrected chi connectivity index (χ1v) is 9.15. The standard InChI is InChI=1S/C21H24FN3O3/c1-14(15-6-8-18(17(22)12-15)25-10-4-5-11-25)23-24-21(26)16-7-9-19(27-2)20(13-16)28-3/h6-9,12-13H,4-5,10-11H2,1-3H3,(H,24,26)/b23-14-. The second-order valence-corrected chi connectivity index (χ2v) is 6.57. The molecule has 0 unspecified atom stereocenters. The van der Waals surface area contributed by atoms with Crippen molar-refractivity contribution in [3.05, 3.63) is 53.3 Å². The number of methoxy groups -OCH3 is 2. The molecule has 0 aromatic heterocycles. The summed E-state index contributed by atoms with van der Waals surface area (Å²) in [7, 11) is 3.03. The second kappa shape index (κ2) is 8.73. The van der Waals surface area contributed by atoms with Gasteiger partial charge < -0.3 is 14.4 Å². The van der Waals surface area contributed by atoms with Crippen LogP contribution in [-0.4, -0.2) is 38.9 Å². The summed E-state index contributed by atoms with van der Waals surface area (Å²) < 4.78 is 24.8. The largest absolute Gasteiger partial charge is 0.493 e. The van der Waals surface area contributed by atoms with Crippen molar-refractivity contribution in [3.8, 4) is 11.5 Å². The summed E-state index contributed by atoms with van der Waals surface area (Å²) in [5.74, 6) is 0.317. The zero-order valence-electron chi connectivity index (χ0n) is 16.3. The van der Waals surface area contributed by atoms with E-state index in [4.69, 9.17) is 9.47 Å². The van der Waals surface area contributed by atoms with Gasteiger partial charge in [-0.2, -0.15) is 5.10 Å². The predicted molar refractivity (Wildman–Crippen MR) is 107 cm³/mol. The molecule has 1 amide bonds. The van der Waals surface area contributed by atoms with E-state index in [2.05, 4.69) is 10.5 Å². The lowest BCUT2D eigenvalue weighted by Gasteiger charge is -2.18. The molecule has 1 N–H and O–H groups in total. The summed E-state index contributed by atoms with van der Waals surface area (Å²) in [6.45, 7) is 3.48. The molecular formula is C21H24FN3O3. The van der Waals surface area contributed by atoms with Crippen molar-refractivity contribution in [2.75, 3.05) is 32.2 Å². The second-order valence-electron chi connectivity index (χ2n) is 6.57. The van der Waals surface area contributed by atoms with E-state index in [-0.39, 0.29) is 5.82 Å². The van der Waals surface area contributed by atoms with Gasteiger partial charge in [0.25, 0.3) is 5.91 Å². The molecule has 0 radical (unpaired) electrons. The number of benzene rings is 2. The average molecular weight is 385 g/mol. The van der Waals surface area contributed by atoms with Crippen LogP contribution in [0.2, 0.25) is 0 Å². The van der Waals surface area contributed by atoms with Crippen molar-refractivity contribution >= 4 is 17.3 Å². The molecule has 7 heteroatoms. The maximum absolute atomic E-state index is 14.5. The van der Waals surface area contributed by atoms with E-state index < -0.39 is 5.91 Å². The number of hydrazone groups is 1. The van der Waals surface area contributed by atoms with Crippen molar-refractivity contribution in [1.82, 2.24) is 5.43 Å². The van der Waals surface area contributed by atoms with Crippen molar-refractivity contribution in [2.45, 2.75) is 19.8 Å². The van der Waals surface area contributed by atoms with E-state index in [0.717, 1.165) is 25.9 Å². The van der Waals surface area contributed by atoms with Crippen molar-refractivity contribution in [2.24, 2.45) is 5.10 Å². The zero-order chi connectivity index (χ0) is 20.1. The van der Waals surface area contributed by atoms with Gasteiger partial charge in [0.05, 0.1) is 25.6 Å². The van der Waals surface area contributed by atoms with Crippen molar-refractivity contribution < 1.29 is 18.7 Å². The summed E-state index contributed by atoms with van der Waals surface area (Å²) >= 11 is 0. The van der Waals surface area contributed by atoms with Gasteiger partial charge in [0.1, 0.15) is 5.82 Å². The Morgan fingerprint density at radius 1 is 1.04 bits per heavy atom. The number of halogens is 1. The molecule has 3 rings (SSSR count). The van der Waals surface area contributed by atoms with Crippen LogP contribution in [0.15, 0.2) is 41.5 Å². The van der Waals surface area contributed by atoms with Gasteiger partial charge in [-0.1, -0.05) is 6.07 Å². The van der Waals surface area contributed by atoms with Crippen molar-refractivity contribution in [3.63, 3.8) is 0 Å². The Kier molecular flexibility index (Phi) is 6.13. The van der Waals surface area contributed by atoms with Gasteiger partial charge in [0, 0.05) is 24.2 Å². The van der Waals surface area contributed by atoms with Crippen molar-refractivity contribution in [1.29, 1.82) is 0 Å². The van der Waals surface area contributed by atoms with E-state index in [1.54, 1.807) is 31.2 Å². The van der Waals surface area contributed by atoms with Crippen LogP contribution in [0.5, 0.6) is 11.5 Å². The highest BCUT2D eigenvalue weighted by Gasteiger charge is 2.17. The molecule has 1 heterocycles. The van der Waals surface area contributed by atoms with Crippen LogP contribution in [0.1, 0.15) is 35.7 Å². The van der Waals surface area contributed by atoms with E-state index in [1.807, 2.05) is 11.0 Å². The van der Waals surface area contributed by atoms with Gasteiger partial charge in [0.15, 0.2) is 11.5 Å². The van der Waals surface area contributed by atoms with Gasteiger partial charge in [0.2, 0.25) is 0 Å². The van der Waals surface area contributed by atoms with Crippen LogP contribution in [0, 0.1) is 5.82 Å². The number of nitrogens with one attached hydrogen (secondary N) is 1. The van der Waals surface area contributed by atoms with Gasteiger partial charge in [-0.15, -0.1) is 0 Å². The van der Waals surface area contributed by atoms with Crippen LogP contribution in [0.25, 0.3) is 0 Å². The number of nitrogens with zero attached hydrogens (tertiary/aromatic N) is 2. The van der Waals surface area contributed by atoms with Gasteiger partial charge in [-0.25, -0.2) is 9.82 Å². The number of amides is 1. The third kappa shape index (κ3) is 4.24. The Morgan fingerprint density at radius 3 is 2.36 bits per heavy atom. The molecule has 28 heavy (non-hydrogen) atoms. The monoisotopic (exact) mass is 385 g/mol. The summed E-state index contributed by atoms with van der Waals surface area (Å²) in [6, 6.07) is 9.88. The van der Waals surface area contributed by atoms with E-state index in [9.17, 15) is 9.18 Å². The lowest BCUT2D eigenvalue weighted by Crippen LogP contribution is -2.20. The van der Waals surface area contributed by atoms with Gasteiger partial charge >= 0.3 is 0 Å². The average Bonchev–Trinajstić information content (AvgIpc) is 3.25. The third-order valence-electron chi connectivity index (χ3n) is 4.78. The molecule has 1 saturated heterocycles. The third-order valence-corrected chi connectivity index (χ3v) is 4.78. The Balaban J connectivity index is 1.71. The Labute approximate surface area is 163 Å². The number of ether oxygens (including phenoxy) is 2. The first kappa shape index (κ1) is 19.7. The number of rotatable bonds is 6. The SMILES string of the molecule is COc1ccc(C(=O)N/N=C(/C)c2ccc(N3CCCC3)c(F)c2)cc1OC. The van der Waals surface area contributed by atoms with Crippen LogP contribution in [-0.2, 0) is 0 Å². The number of hydrogen-bond donors (Lipinski definition) is 1. The molecule has 0 saturated carbocycles. The summed E-state index contributed by atoms with van der Waals surface area (Å²) in [6.07, 6.45) is 2.17. The van der Waals surface area contributed by atoms with Crippen LogP contribution in [0.4, 0.5) is 10.1 Å². The quantitative estimate of drug-likeness (QED) is 0.610. The molecule has 6 nitrogen and oxygen atoms in total. The van der Waals surface area contributed by atoms with Crippen LogP contribution >= 0.6 is 0 Å². The predicted octanol–water partition coefficient (Wildman–Crippen LogP) is 3.60. The molecule has 1 aliphatic heterocycles. The van der Waals surface area contributed by atoms with Gasteiger partial charge in [-0.05, 0) is 50.1 Å². The fourth-order valence-electron chi connectivity index (χ4n) is 3.19. The minimum Gasteiger partial charge on any atom is -0.493 e. The van der Waals surface area contributed by atoms with E-state index in [0.29, 0.717) is 34.0 Å². The fraction of sp³-hybridized carbons (Fsp3) is 0.333. The maximum atomic E-state index is 14.5. The summed E-state index contributed by atoms with van der Waals surface area (Å²) in [4.78, 5) is 14.4. The smallest absolute Gasteiger partial charge is 0.271 e. The normalized spacial score (nSPS) is 14.1. The Morgan fingerprint density at radius 2 is 1.71 bits per heavy atom. The molecule has 0 atom stereocenters. The zero-order valence-corrected chi connectivity index (χ0v) is 16.3. The molecule has 1 fully saturated rings. The lowest BCUT2D eigenvalue weighted by atomic mass is 10.1. The highest BCUT2D eigenvalue weighted by atomic mass is 19.1. The molecule has 148 valence electrons. The fourth-order valence-corrected chi connectivity index (χ4v) is 3.19. The molecule has 0 aliphatic carbocycles. The molecule has 2 aromatic carbocycles. The highest BCUT2D eigenvalue weighted by Crippen LogP contribution is 2.27. The topological polar surface area (TPSA) is 63.2 Å². The molecule has 0 bridgehead atoms. The lowest BCUT2D eigenvalue weighted by molar-refractivity contribution is 0.0954. The molecular weight excluding hydrogens is 361 g/mol. The highest BCUT2D eigenvalue weighted by molar-refractivity contribution is 6.01. The summed E-state index contributed by atoms with van der Waals surface area (Å²) in [5.41, 5.74) is 4.62. The van der Waals surface area contributed by atoms with Crippen LogP contribution in [0.3, 0.4) is 0 Å². The first-order chi connectivity index (χ1) is 13.5. The molecule has 0 spiro atoms. The number of anilines is 1. The summed E-state index contributed by atoms with van der Waals surface area (Å²) in [5, 5.41) is 4.10. The minimum atomic E-state index is -0.394. The molecule has 2 aromatic rings. The number of carbonyl (C=O) groups excluding carboxylic acids is 1.